The number of nitrogens with zero attached hydrogens (tertiary/aromatic N) is 3. The fourth-order valence-corrected chi connectivity index (χ4v) is 3.08. The Balaban J connectivity index is 1.62. The van der Waals surface area contributed by atoms with Gasteiger partial charge in [-0.3, -0.25) is 4.79 Å². The van der Waals surface area contributed by atoms with Crippen molar-refractivity contribution in [2.45, 2.75) is 64.7 Å². The summed E-state index contributed by atoms with van der Waals surface area (Å²) < 4.78 is 12.0. The van der Waals surface area contributed by atoms with E-state index in [0.29, 0.717) is 12.5 Å². The number of piperidine rings is 1. The number of rotatable bonds is 3. The van der Waals surface area contributed by atoms with E-state index in [4.69, 9.17) is 9.31 Å². The van der Waals surface area contributed by atoms with Crippen LogP contribution < -0.4 is 10.8 Å². The molecule has 2 saturated heterocycles. The molecule has 1 aromatic heterocycles. The third kappa shape index (κ3) is 3.79. The molecule has 3 rings (SSSR count). The molecule has 8 heteroatoms. The summed E-state index contributed by atoms with van der Waals surface area (Å²) in [6.07, 6.45) is 5.47. The van der Waals surface area contributed by atoms with Crippen molar-refractivity contribution in [2.24, 2.45) is 0 Å². The lowest BCUT2D eigenvalue weighted by molar-refractivity contribution is -0.129. The number of carbonyl (C=O) groups excluding carboxylic acids is 1. The number of likely N-dealkylation sites (tertiary alicyclic amines) is 1. The van der Waals surface area contributed by atoms with Crippen molar-refractivity contribution >= 4 is 24.4 Å². The lowest BCUT2D eigenvalue weighted by atomic mass is 9.81. The molecule has 0 saturated carbocycles. The molecular weight excluding hydrogens is 319 g/mol. The van der Waals surface area contributed by atoms with Crippen molar-refractivity contribution in [1.82, 2.24) is 14.9 Å². The van der Waals surface area contributed by atoms with E-state index in [1.807, 2.05) is 32.6 Å². The van der Waals surface area contributed by atoms with Crippen LogP contribution in [-0.2, 0) is 14.1 Å². The molecule has 1 aromatic rings. The molecule has 1 unspecified atom stereocenters. The van der Waals surface area contributed by atoms with E-state index in [9.17, 15) is 4.79 Å². The molecule has 0 aromatic carbocycles. The van der Waals surface area contributed by atoms with Crippen LogP contribution in [0.1, 0.15) is 47.5 Å². The minimum Gasteiger partial charge on any atom is -0.399 e. The van der Waals surface area contributed by atoms with Gasteiger partial charge in [0.15, 0.2) is 0 Å². The lowest BCUT2D eigenvalue weighted by Crippen LogP contribution is -2.44. The van der Waals surface area contributed by atoms with Crippen LogP contribution in [0, 0.1) is 0 Å². The number of hydrogen-bond acceptors (Lipinski definition) is 6. The second kappa shape index (κ2) is 6.57. The first-order chi connectivity index (χ1) is 11.7. The van der Waals surface area contributed by atoms with Crippen LogP contribution in [0.5, 0.6) is 0 Å². The highest BCUT2D eigenvalue weighted by atomic mass is 16.7. The Bertz CT molecular complexity index is 619. The summed E-state index contributed by atoms with van der Waals surface area (Å²) in [4.78, 5) is 22.2. The van der Waals surface area contributed by atoms with Crippen LogP contribution in [0.15, 0.2) is 12.4 Å². The Kier molecular flexibility index (Phi) is 4.77. The van der Waals surface area contributed by atoms with Gasteiger partial charge in [0.1, 0.15) is 0 Å². The van der Waals surface area contributed by atoms with Gasteiger partial charge in [-0.2, -0.15) is 0 Å². The van der Waals surface area contributed by atoms with E-state index in [-0.39, 0.29) is 23.2 Å². The smallest absolute Gasteiger partial charge is 0.399 e. The molecule has 0 radical (unpaired) electrons. The molecule has 2 aliphatic heterocycles. The minimum atomic E-state index is -0.457. The SMILES string of the molecule is CC(=O)N1CCCC(Nc2ncc(B3OC(C)(C)C(C)(C)O3)cn2)C1. The van der Waals surface area contributed by atoms with Gasteiger partial charge in [0.25, 0.3) is 0 Å². The molecule has 25 heavy (non-hydrogen) atoms. The third-order valence-corrected chi connectivity index (χ3v) is 5.40. The molecule has 1 amide bonds. The van der Waals surface area contributed by atoms with Crippen LogP contribution in [0.2, 0.25) is 0 Å². The number of nitrogens with one attached hydrogen (secondary N) is 1. The fraction of sp³-hybridized carbons (Fsp3) is 0.706. The topological polar surface area (TPSA) is 76.6 Å². The summed E-state index contributed by atoms with van der Waals surface area (Å²) in [5, 5.41) is 3.32. The predicted molar refractivity (Wildman–Crippen MR) is 96.6 cm³/mol. The largest absolute Gasteiger partial charge is 0.498 e. The molecule has 0 bridgehead atoms. The zero-order valence-corrected chi connectivity index (χ0v) is 15.7. The zero-order valence-electron chi connectivity index (χ0n) is 15.7. The molecular formula is C17H27BN4O3. The monoisotopic (exact) mass is 346 g/mol. The Morgan fingerprint density at radius 1 is 1.24 bits per heavy atom. The summed E-state index contributed by atoms with van der Waals surface area (Å²) >= 11 is 0. The normalized spacial score (nSPS) is 25.1. The lowest BCUT2D eigenvalue weighted by Gasteiger charge is -2.32. The van der Waals surface area contributed by atoms with Crippen LogP contribution >= 0.6 is 0 Å². The Morgan fingerprint density at radius 3 is 2.40 bits per heavy atom. The maximum absolute atomic E-state index is 11.5. The zero-order chi connectivity index (χ0) is 18.2. The van der Waals surface area contributed by atoms with Gasteiger partial charge in [0, 0.05) is 43.9 Å². The maximum atomic E-state index is 11.5. The van der Waals surface area contributed by atoms with Crippen molar-refractivity contribution in [2.75, 3.05) is 18.4 Å². The first-order valence-electron chi connectivity index (χ1n) is 8.87. The van der Waals surface area contributed by atoms with E-state index >= 15 is 0 Å². The van der Waals surface area contributed by atoms with E-state index in [0.717, 1.165) is 24.8 Å². The van der Waals surface area contributed by atoms with E-state index in [1.54, 1.807) is 19.3 Å². The van der Waals surface area contributed by atoms with Crippen molar-refractivity contribution < 1.29 is 14.1 Å². The van der Waals surface area contributed by atoms with Crippen LogP contribution in [0.4, 0.5) is 5.95 Å². The Morgan fingerprint density at radius 2 is 1.84 bits per heavy atom. The summed E-state index contributed by atoms with van der Waals surface area (Å²) in [5.74, 6) is 0.680. The van der Waals surface area contributed by atoms with Crippen LogP contribution in [0.3, 0.4) is 0 Å². The quantitative estimate of drug-likeness (QED) is 0.829. The molecule has 2 aliphatic rings. The number of amides is 1. The van der Waals surface area contributed by atoms with Gasteiger partial charge in [0.2, 0.25) is 11.9 Å². The fourth-order valence-electron chi connectivity index (χ4n) is 3.08. The Labute approximate surface area is 149 Å². The Hall–Kier alpha value is -1.67. The van der Waals surface area contributed by atoms with Gasteiger partial charge in [0.05, 0.1) is 11.2 Å². The number of aromatic nitrogens is 2. The van der Waals surface area contributed by atoms with Gasteiger partial charge in [-0.1, -0.05) is 0 Å². The van der Waals surface area contributed by atoms with E-state index < -0.39 is 7.12 Å². The highest BCUT2D eigenvalue weighted by molar-refractivity contribution is 6.61. The van der Waals surface area contributed by atoms with Crippen molar-refractivity contribution in [3.05, 3.63) is 12.4 Å². The maximum Gasteiger partial charge on any atom is 0.498 e. The van der Waals surface area contributed by atoms with Crippen molar-refractivity contribution in [3.8, 4) is 0 Å². The van der Waals surface area contributed by atoms with Gasteiger partial charge in [-0.25, -0.2) is 9.97 Å². The summed E-state index contributed by atoms with van der Waals surface area (Å²) in [6.45, 7) is 11.2. The highest BCUT2D eigenvalue weighted by Crippen LogP contribution is 2.36. The third-order valence-electron chi connectivity index (χ3n) is 5.40. The molecule has 1 atom stereocenters. The number of anilines is 1. The van der Waals surface area contributed by atoms with Gasteiger partial charge < -0.3 is 19.5 Å². The summed E-state index contributed by atoms with van der Waals surface area (Å²) in [7, 11) is -0.457. The van der Waals surface area contributed by atoms with Crippen LogP contribution in [0.25, 0.3) is 0 Å². The summed E-state index contributed by atoms with van der Waals surface area (Å²) in [5.41, 5.74) is 0.0397. The van der Waals surface area contributed by atoms with Gasteiger partial charge >= 0.3 is 7.12 Å². The molecule has 2 fully saturated rings. The minimum absolute atomic E-state index is 0.114. The molecule has 7 nitrogen and oxygen atoms in total. The van der Waals surface area contributed by atoms with Gasteiger partial charge in [-0.05, 0) is 40.5 Å². The molecule has 3 heterocycles. The average molecular weight is 346 g/mol. The predicted octanol–water partition coefficient (Wildman–Crippen LogP) is 1.20. The van der Waals surface area contributed by atoms with Crippen molar-refractivity contribution in [3.63, 3.8) is 0 Å². The second-order valence-corrected chi connectivity index (χ2v) is 7.88. The number of carbonyl (C=O) groups is 1. The molecule has 0 spiro atoms. The highest BCUT2D eigenvalue weighted by Gasteiger charge is 2.51. The van der Waals surface area contributed by atoms with E-state index in [1.165, 1.54) is 0 Å². The standard InChI is InChI=1S/C17H27BN4O3/c1-12(23)22-8-6-7-14(11-22)21-15-19-9-13(10-20-15)18-24-16(2,3)17(4,5)25-18/h9-10,14H,6-8,11H2,1-5H3,(H,19,20,21). The van der Waals surface area contributed by atoms with E-state index in [2.05, 4.69) is 15.3 Å². The molecule has 0 aliphatic carbocycles. The first kappa shape index (κ1) is 18.1. The number of hydrogen-bond donors (Lipinski definition) is 1. The second-order valence-electron chi connectivity index (χ2n) is 7.88. The summed E-state index contributed by atoms with van der Waals surface area (Å²) in [6, 6.07) is 0.181. The van der Waals surface area contributed by atoms with Crippen LogP contribution in [-0.4, -0.2) is 58.2 Å². The molecule has 1 N–H and O–H groups in total. The van der Waals surface area contributed by atoms with Crippen molar-refractivity contribution in [1.29, 1.82) is 0 Å². The van der Waals surface area contributed by atoms with Gasteiger partial charge in [-0.15, -0.1) is 0 Å². The average Bonchev–Trinajstić information content (AvgIpc) is 2.76. The molecule has 136 valence electrons. The first-order valence-corrected chi connectivity index (χ1v) is 8.87.